The van der Waals surface area contributed by atoms with Crippen LogP contribution in [0.25, 0.3) is 0 Å². The fourth-order valence-corrected chi connectivity index (χ4v) is 1.16. The Labute approximate surface area is 71.7 Å². The second-order valence-electron chi connectivity index (χ2n) is 2.49. The third-order valence-electron chi connectivity index (χ3n) is 1.68. The topological polar surface area (TPSA) is 37.8 Å². The van der Waals surface area contributed by atoms with Gasteiger partial charge in [0.25, 0.3) is 0 Å². The molecule has 0 amide bonds. The molecule has 2 heterocycles. The third kappa shape index (κ3) is 1.49. The summed E-state index contributed by atoms with van der Waals surface area (Å²) < 4.78 is 0. The zero-order valence-electron chi connectivity index (χ0n) is 6.29. The van der Waals surface area contributed by atoms with Gasteiger partial charge in [-0.15, -0.1) is 12.4 Å². The van der Waals surface area contributed by atoms with Crippen molar-refractivity contribution >= 4 is 12.4 Å². The molecule has 1 aromatic heterocycles. The number of nitrogens with one attached hydrogen (secondary N) is 1. The summed E-state index contributed by atoms with van der Waals surface area (Å²) in [6, 6.07) is 0. The Balaban J connectivity index is 0.000000605. The molecule has 0 saturated carbocycles. The highest BCUT2D eigenvalue weighted by atomic mass is 35.5. The molecule has 1 aliphatic heterocycles. The highest BCUT2D eigenvalue weighted by Gasteiger charge is 2.10. The quantitative estimate of drug-likeness (QED) is 0.628. The average molecular weight is 172 g/mol. The van der Waals surface area contributed by atoms with E-state index < -0.39 is 0 Å². The lowest BCUT2D eigenvalue weighted by Crippen LogP contribution is -2.00. The Morgan fingerprint density at radius 1 is 1.45 bits per heavy atom. The molecule has 0 aromatic carbocycles. The first-order valence-corrected chi connectivity index (χ1v) is 3.38. The van der Waals surface area contributed by atoms with Crippen molar-refractivity contribution in [1.29, 1.82) is 0 Å². The molecule has 3 nitrogen and oxygen atoms in total. The maximum atomic E-state index is 4.28. The summed E-state index contributed by atoms with van der Waals surface area (Å²) in [5.74, 6) is 0.863. The SMILES string of the molecule is Cc1ncc2c(n1)CNC2.Cl. The predicted octanol–water partition coefficient (Wildman–Crippen LogP) is 0.810. The molecule has 0 spiro atoms. The smallest absolute Gasteiger partial charge is 0.125 e. The Hall–Kier alpha value is -0.670. The minimum atomic E-state index is 0. The molecule has 60 valence electrons. The van der Waals surface area contributed by atoms with Crippen LogP contribution in [0.5, 0.6) is 0 Å². The highest BCUT2D eigenvalue weighted by Crippen LogP contribution is 2.10. The molecule has 0 unspecified atom stereocenters. The molecule has 4 heteroatoms. The van der Waals surface area contributed by atoms with Crippen LogP contribution in [0.1, 0.15) is 17.1 Å². The van der Waals surface area contributed by atoms with Crippen LogP contribution in [0, 0.1) is 6.92 Å². The van der Waals surface area contributed by atoms with E-state index >= 15 is 0 Å². The zero-order valence-corrected chi connectivity index (χ0v) is 7.11. The van der Waals surface area contributed by atoms with E-state index in [1.54, 1.807) is 0 Å². The van der Waals surface area contributed by atoms with Gasteiger partial charge in [0.15, 0.2) is 0 Å². The van der Waals surface area contributed by atoms with E-state index in [0.717, 1.165) is 24.6 Å². The van der Waals surface area contributed by atoms with Crippen LogP contribution in [0.3, 0.4) is 0 Å². The first-order valence-electron chi connectivity index (χ1n) is 3.38. The van der Waals surface area contributed by atoms with Crippen molar-refractivity contribution in [3.05, 3.63) is 23.3 Å². The first-order chi connectivity index (χ1) is 4.86. The van der Waals surface area contributed by atoms with Crippen LogP contribution in [-0.2, 0) is 13.1 Å². The number of halogens is 1. The number of rotatable bonds is 0. The summed E-state index contributed by atoms with van der Waals surface area (Å²) in [7, 11) is 0. The molecule has 1 aliphatic rings. The van der Waals surface area contributed by atoms with E-state index in [4.69, 9.17) is 0 Å². The monoisotopic (exact) mass is 171 g/mol. The number of fused-ring (bicyclic) bond motifs is 1. The van der Waals surface area contributed by atoms with Gasteiger partial charge in [-0.25, -0.2) is 9.97 Å². The van der Waals surface area contributed by atoms with Gasteiger partial charge in [0.1, 0.15) is 5.82 Å². The van der Waals surface area contributed by atoms with E-state index in [2.05, 4.69) is 15.3 Å². The van der Waals surface area contributed by atoms with Crippen molar-refractivity contribution < 1.29 is 0 Å². The van der Waals surface area contributed by atoms with Crippen LogP contribution >= 0.6 is 12.4 Å². The van der Waals surface area contributed by atoms with E-state index in [9.17, 15) is 0 Å². The van der Waals surface area contributed by atoms with E-state index in [1.807, 2.05) is 13.1 Å². The summed E-state index contributed by atoms with van der Waals surface area (Å²) >= 11 is 0. The summed E-state index contributed by atoms with van der Waals surface area (Å²) in [4.78, 5) is 8.38. The molecule has 0 fully saturated rings. The maximum Gasteiger partial charge on any atom is 0.125 e. The standard InChI is InChI=1S/C7H9N3.ClH/c1-5-9-3-6-2-8-4-7(6)10-5;/h3,8H,2,4H2,1H3;1H. The predicted molar refractivity (Wildman–Crippen MR) is 44.6 cm³/mol. The van der Waals surface area contributed by atoms with Gasteiger partial charge in [-0.2, -0.15) is 0 Å². The molecule has 0 atom stereocenters. The number of aromatic nitrogens is 2. The largest absolute Gasteiger partial charge is 0.307 e. The molecule has 0 radical (unpaired) electrons. The minimum absolute atomic E-state index is 0. The van der Waals surface area contributed by atoms with Crippen molar-refractivity contribution in [2.45, 2.75) is 20.0 Å². The summed E-state index contributed by atoms with van der Waals surface area (Å²) in [5, 5.41) is 3.21. The van der Waals surface area contributed by atoms with Gasteiger partial charge in [-0.1, -0.05) is 0 Å². The molecule has 0 saturated heterocycles. The second kappa shape index (κ2) is 3.15. The number of nitrogens with zero attached hydrogens (tertiary/aromatic N) is 2. The zero-order chi connectivity index (χ0) is 6.97. The fourth-order valence-electron chi connectivity index (χ4n) is 1.16. The normalized spacial score (nSPS) is 13.9. The van der Waals surface area contributed by atoms with Crippen molar-refractivity contribution in [2.24, 2.45) is 0 Å². The lowest BCUT2D eigenvalue weighted by Gasteiger charge is -1.95. The van der Waals surface area contributed by atoms with Crippen molar-refractivity contribution in [3.63, 3.8) is 0 Å². The van der Waals surface area contributed by atoms with Gasteiger partial charge < -0.3 is 5.32 Å². The van der Waals surface area contributed by atoms with Gasteiger partial charge in [0.05, 0.1) is 5.69 Å². The maximum absolute atomic E-state index is 4.28. The molecule has 1 aromatic rings. The molecular weight excluding hydrogens is 162 g/mol. The van der Waals surface area contributed by atoms with Crippen LogP contribution < -0.4 is 5.32 Å². The first kappa shape index (κ1) is 8.43. The van der Waals surface area contributed by atoms with Gasteiger partial charge >= 0.3 is 0 Å². The Bertz CT molecular complexity index is 262. The van der Waals surface area contributed by atoms with Gasteiger partial charge in [0.2, 0.25) is 0 Å². The van der Waals surface area contributed by atoms with Crippen molar-refractivity contribution in [3.8, 4) is 0 Å². The van der Waals surface area contributed by atoms with E-state index in [0.29, 0.717) is 0 Å². The van der Waals surface area contributed by atoms with Gasteiger partial charge in [-0.05, 0) is 6.92 Å². The number of aryl methyl sites for hydroxylation is 1. The molecule has 11 heavy (non-hydrogen) atoms. The fraction of sp³-hybridized carbons (Fsp3) is 0.429. The lowest BCUT2D eigenvalue weighted by atomic mass is 10.3. The molecular formula is C7H10ClN3. The Kier molecular flexibility index (Phi) is 2.42. The minimum Gasteiger partial charge on any atom is -0.307 e. The van der Waals surface area contributed by atoms with Gasteiger partial charge in [0, 0.05) is 24.8 Å². The van der Waals surface area contributed by atoms with Crippen LogP contribution in [0.2, 0.25) is 0 Å². The summed E-state index contributed by atoms with van der Waals surface area (Å²) in [5.41, 5.74) is 2.40. The van der Waals surface area contributed by atoms with Crippen molar-refractivity contribution in [1.82, 2.24) is 15.3 Å². The highest BCUT2D eigenvalue weighted by molar-refractivity contribution is 5.85. The van der Waals surface area contributed by atoms with Crippen molar-refractivity contribution in [2.75, 3.05) is 0 Å². The molecule has 2 rings (SSSR count). The van der Waals surface area contributed by atoms with Crippen LogP contribution in [0.15, 0.2) is 6.20 Å². The third-order valence-corrected chi connectivity index (χ3v) is 1.68. The van der Waals surface area contributed by atoms with E-state index in [1.165, 1.54) is 5.56 Å². The average Bonchev–Trinajstić information content (AvgIpc) is 2.33. The molecule has 0 bridgehead atoms. The number of hydrogen-bond donors (Lipinski definition) is 1. The van der Waals surface area contributed by atoms with E-state index in [-0.39, 0.29) is 12.4 Å². The van der Waals surface area contributed by atoms with Crippen LogP contribution in [-0.4, -0.2) is 9.97 Å². The summed E-state index contributed by atoms with van der Waals surface area (Å²) in [6.45, 7) is 3.74. The summed E-state index contributed by atoms with van der Waals surface area (Å²) in [6.07, 6.45) is 1.90. The Morgan fingerprint density at radius 2 is 2.27 bits per heavy atom. The van der Waals surface area contributed by atoms with Gasteiger partial charge in [-0.3, -0.25) is 0 Å². The molecule has 1 N–H and O–H groups in total. The number of hydrogen-bond acceptors (Lipinski definition) is 3. The Morgan fingerprint density at radius 3 is 3.09 bits per heavy atom. The molecule has 0 aliphatic carbocycles. The van der Waals surface area contributed by atoms with Crippen LogP contribution in [0.4, 0.5) is 0 Å². The lowest BCUT2D eigenvalue weighted by molar-refractivity contribution is 0.757. The second-order valence-corrected chi connectivity index (χ2v) is 2.49.